The Hall–Kier alpha value is -2.89. The highest BCUT2D eigenvalue weighted by atomic mass is 19.4. The van der Waals surface area contributed by atoms with E-state index in [0.717, 1.165) is 6.42 Å². The first kappa shape index (κ1) is 23.8. The highest BCUT2D eigenvalue weighted by molar-refractivity contribution is 6.03. The van der Waals surface area contributed by atoms with Gasteiger partial charge in [-0.3, -0.25) is 14.5 Å². The Balaban J connectivity index is 0.000000360. The van der Waals surface area contributed by atoms with Crippen LogP contribution in [0.15, 0.2) is 22.9 Å². The lowest BCUT2D eigenvalue weighted by atomic mass is 9.79. The van der Waals surface area contributed by atoms with Crippen molar-refractivity contribution in [1.82, 2.24) is 15.1 Å². The van der Waals surface area contributed by atoms with Crippen LogP contribution in [0, 0.1) is 11.8 Å². The summed E-state index contributed by atoms with van der Waals surface area (Å²) in [7, 11) is 0. The minimum absolute atomic E-state index is 0.00278. The molecule has 4 aliphatic rings. The molecule has 0 saturated carbocycles. The third-order valence-corrected chi connectivity index (χ3v) is 5.86. The van der Waals surface area contributed by atoms with Crippen LogP contribution in [0.2, 0.25) is 0 Å². The van der Waals surface area contributed by atoms with E-state index in [1.807, 2.05) is 4.90 Å². The maximum atomic E-state index is 12.6. The number of rotatable bonds is 4. The van der Waals surface area contributed by atoms with E-state index in [9.17, 15) is 32.7 Å². The van der Waals surface area contributed by atoms with Crippen LogP contribution in [-0.2, 0) is 19.2 Å². The summed E-state index contributed by atoms with van der Waals surface area (Å²) >= 11 is 0. The number of likely N-dealkylation sites (tertiary alicyclic amines) is 1. The van der Waals surface area contributed by atoms with Crippen molar-refractivity contribution in [2.24, 2.45) is 11.8 Å². The summed E-state index contributed by atoms with van der Waals surface area (Å²) in [5.74, 6) is -3.61. The summed E-state index contributed by atoms with van der Waals surface area (Å²) in [6.07, 6.45) is -1.90. The van der Waals surface area contributed by atoms with Gasteiger partial charge >= 0.3 is 18.1 Å². The topological polar surface area (TPSA) is 127 Å². The molecule has 2 amide bonds. The lowest BCUT2D eigenvalue weighted by molar-refractivity contribution is -0.192. The molecule has 0 aromatic carbocycles. The van der Waals surface area contributed by atoms with E-state index in [-0.39, 0.29) is 35.5 Å². The Kier molecular flexibility index (Phi) is 6.36. The van der Waals surface area contributed by atoms with Crippen LogP contribution in [0.4, 0.5) is 13.2 Å². The summed E-state index contributed by atoms with van der Waals surface area (Å²) in [4.78, 5) is 48.8. The van der Waals surface area contributed by atoms with E-state index in [1.165, 1.54) is 4.90 Å². The molecule has 176 valence electrons. The summed E-state index contributed by atoms with van der Waals surface area (Å²) in [5.41, 5.74) is 1.39. The fourth-order valence-electron chi connectivity index (χ4n) is 4.61. The zero-order valence-electron chi connectivity index (χ0n) is 17.5. The maximum Gasteiger partial charge on any atom is 0.490 e. The second-order valence-electron chi connectivity index (χ2n) is 8.50. The number of nitrogens with zero attached hydrogens (tertiary/aromatic N) is 2. The number of allylic oxidation sites excluding steroid dienone is 1. The molecule has 4 aliphatic heterocycles. The summed E-state index contributed by atoms with van der Waals surface area (Å²) in [6, 6.07) is -0.386. The number of alkyl halides is 3. The summed E-state index contributed by atoms with van der Waals surface area (Å²) in [5, 5.41) is 20.0. The summed E-state index contributed by atoms with van der Waals surface area (Å²) < 4.78 is 31.7. The number of carbonyl (C=O) groups is 4. The molecule has 0 spiro atoms. The molecule has 0 radical (unpaired) electrons. The molecule has 3 saturated heterocycles. The van der Waals surface area contributed by atoms with E-state index in [2.05, 4.69) is 19.2 Å². The van der Waals surface area contributed by atoms with Crippen molar-refractivity contribution in [3.05, 3.63) is 22.9 Å². The van der Waals surface area contributed by atoms with Gasteiger partial charge in [0, 0.05) is 24.6 Å². The van der Waals surface area contributed by atoms with Gasteiger partial charge in [-0.15, -0.1) is 0 Å². The van der Waals surface area contributed by atoms with E-state index >= 15 is 0 Å². The molecule has 0 aliphatic carbocycles. The van der Waals surface area contributed by atoms with Gasteiger partial charge in [-0.05, 0) is 37.0 Å². The average Bonchev–Trinajstić information content (AvgIpc) is 3.19. The fraction of sp³-hybridized carbons (Fsp3) is 0.600. The number of aliphatic carboxylic acids is 2. The molecular weight excluding hydrogens is 435 g/mol. The van der Waals surface area contributed by atoms with Crippen molar-refractivity contribution >= 4 is 23.8 Å². The number of amides is 2. The molecule has 0 aromatic rings. The van der Waals surface area contributed by atoms with Crippen molar-refractivity contribution in [3.63, 3.8) is 0 Å². The van der Waals surface area contributed by atoms with Crippen molar-refractivity contribution < 1.29 is 42.6 Å². The molecule has 0 bridgehead atoms. The summed E-state index contributed by atoms with van der Waals surface area (Å²) in [6.45, 7) is 6.23. The van der Waals surface area contributed by atoms with Gasteiger partial charge in [0.25, 0.3) is 0 Å². The van der Waals surface area contributed by atoms with Gasteiger partial charge < -0.3 is 20.4 Å². The molecule has 12 heteroatoms. The van der Waals surface area contributed by atoms with Crippen LogP contribution in [0.5, 0.6) is 0 Å². The largest absolute Gasteiger partial charge is 0.490 e. The third-order valence-electron chi connectivity index (χ3n) is 5.86. The number of nitrogens with one attached hydrogen (secondary N) is 1. The minimum atomic E-state index is -5.08. The monoisotopic (exact) mass is 459 g/mol. The number of hydrogen-bond acceptors (Lipinski definition) is 5. The standard InChI is InChI=1S/C18H23N3O4.C2HF3O2/c1-9(2)8-20-6-4-10(16(20)22)7-12-11-3-5-19-13-14(11)21(17(13)23)15(12)18(24)25;3-2(4,5)1(6)7/h7,9,11,13-14,19H,3-6,8H2,1-2H3,(H,24,25);(H,6,7)/b10-7+;/t11?,13-,14+;/m0./s1. The Labute approximate surface area is 181 Å². The number of carboxylic acid groups (broad SMARTS) is 2. The van der Waals surface area contributed by atoms with Gasteiger partial charge in [0.05, 0.1) is 6.04 Å². The van der Waals surface area contributed by atoms with Gasteiger partial charge in [-0.25, -0.2) is 9.59 Å². The zero-order chi connectivity index (χ0) is 24.0. The molecule has 1 unspecified atom stereocenters. The molecule has 4 heterocycles. The van der Waals surface area contributed by atoms with Crippen LogP contribution in [0.25, 0.3) is 0 Å². The maximum absolute atomic E-state index is 12.6. The van der Waals surface area contributed by atoms with Crippen LogP contribution >= 0.6 is 0 Å². The van der Waals surface area contributed by atoms with Gasteiger partial charge in [0.15, 0.2) is 0 Å². The van der Waals surface area contributed by atoms with Gasteiger partial charge in [-0.1, -0.05) is 13.8 Å². The zero-order valence-corrected chi connectivity index (χ0v) is 17.5. The molecule has 0 aromatic heterocycles. The number of halogens is 3. The van der Waals surface area contributed by atoms with Crippen molar-refractivity contribution in [2.75, 3.05) is 19.6 Å². The SMILES string of the molecule is CC(C)CN1CC/C(=C\C2=C(C(=O)O)N3C(=O)[C@H]4NCCC2[C@H]43)C1=O.O=C(O)C(F)(F)F. The normalized spacial score (nSPS) is 28.1. The predicted octanol–water partition coefficient (Wildman–Crippen LogP) is 0.976. The highest BCUT2D eigenvalue weighted by Crippen LogP contribution is 2.47. The molecule has 4 rings (SSSR count). The van der Waals surface area contributed by atoms with Gasteiger partial charge in [-0.2, -0.15) is 13.2 Å². The van der Waals surface area contributed by atoms with Crippen molar-refractivity contribution in [1.29, 1.82) is 0 Å². The number of carboxylic acids is 2. The van der Waals surface area contributed by atoms with Crippen LogP contribution in [0.3, 0.4) is 0 Å². The van der Waals surface area contributed by atoms with Gasteiger partial charge in [0.2, 0.25) is 11.8 Å². The molecular formula is C20H24F3N3O6. The van der Waals surface area contributed by atoms with Crippen molar-refractivity contribution in [3.8, 4) is 0 Å². The number of β-lactam (4-membered cyclic amide) rings is 1. The number of carbonyl (C=O) groups excluding carboxylic acids is 2. The van der Waals surface area contributed by atoms with Crippen LogP contribution in [0.1, 0.15) is 26.7 Å². The smallest absolute Gasteiger partial charge is 0.477 e. The molecule has 9 nitrogen and oxygen atoms in total. The molecule has 3 fully saturated rings. The Bertz CT molecular complexity index is 911. The van der Waals surface area contributed by atoms with E-state index in [1.54, 1.807) is 6.08 Å². The quantitative estimate of drug-likeness (QED) is 0.422. The number of piperidine rings is 1. The van der Waals surface area contributed by atoms with Crippen molar-refractivity contribution in [2.45, 2.75) is 44.9 Å². The first-order chi connectivity index (χ1) is 14.8. The van der Waals surface area contributed by atoms with Gasteiger partial charge in [0.1, 0.15) is 11.7 Å². The number of hydrogen-bond donors (Lipinski definition) is 3. The second-order valence-corrected chi connectivity index (χ2v) is 8.50. The van der Waals surface area contributed by atoms with Crippen LogP contribution in [-0.4, -0.2) is 81.7 Å². The Morgan fingerprint density at radius 2 is 1.88 bits per heavy atom. The first-order valence-corrected chi connectivity index (χ1v) is 10.2. The second kappa shape index (κ2) is 8.57. The molecule has 3 atom stereocenters. The molecule has 32 heavy (non-hydrogen) atoms. The molecule has 3 N–H and O–H groups in total. The highest BCUT2D eigenvalue weighted by Gasteiger charge is 2.60. The van der Waals surface area contributed by atoms with E-state index < -0.39 is 18.1 Å². The predicted molar refractivity (Wildman–Crippen MR) is 103 cm³/mol. The van der Waals surface area contributed by atoms with E-state index in [4.69, 9.17) is 9.90 Å². The lowest BCUT2D eigenvalue weighted by Gasteiger charge is -2.48. The minimum Gasteiger partial charge on any atom is -0.477 e. The average molecular weight is 459 g/mol. The fourth-order valence-corrected chi connectivity index (χ4v) is 4.61. The Morgan fingerprint density at radius 1 is 1.25 bits per heavy atom. The van der Waals surface area contributed by atoms with Crippen LogP contribution < -0.4 is 5.32 Å². The van der Waals surface area contributed by atoms with E-state index in [0.29, 0.717) is 43.1 Å². The Morgan fingerprint density at radius 3 is 2.41 bits per heavy atom. The third kappa shape index (κ3) is 4.23. The first-order valence-electron chi connectivity index (χ1n) is 10.2. The lowest BCUT2D eigenvalue weighted by Crippen LogP contribution is -2.71.